The summed E-state index contributed by atoms with van der Waals surface area (Å²) in [6, 6.07) is 4.53. The van der Waals surface area contributed by atoms with E-state index in [1.807, 2.05) is 6.92 Å². The highest BCUT2D eigenvalue weighted by Crippen LogP contribution is 2.20. The summed E-state index contributed by atoms with van der Waals surface area (Å²) in [6.07, 6.45) is 1.93. The first-order valence-corrected chi connectivity index (χ1v) is 5.23. The van der Waals surface area contributed by atoms with E-state index >= 15 is 0 Å². The molecule has 0 saturated heterocycles. The molecule has 1 aromatic carbocycles. The van der Waals surface area contributed by atoms with Crippen LogP contribution < -0.4 is 4.74 Å². The molecule has 3 heteroatoms. The monoisotopic (exact) mass is 212 g/mol. The lowest BCUT2D eigenvalue weighted by Gasteiger charge is -2.14. The molecule has 1 rings (SSSR count). The van der Waals surface area contributed by atoms with Gasteiger partial charge in [-0.1, -0.05) is 19.4 Å². The number of aliphatic hydroxyl groups excluding tert-OH is 1. The summed E-state index contributed by atoms with van der Waals surface area (Å²) < 4.78 is 18.8. The van der Waals surface area contributed by atoms with Gasteiger partial charge in [0, 0.05) is 0 Å². The Morgan fingerprint density at radius 3 is 2.73 bits per heavy atom. The maximum absolute atomic E-state index is 13.4. The van der Waals surface area contributed by atoms with Crippen LogP contribution in [0.5, 0.6) is 5.75 Å². The molecular weight excluding hydrogens is 195 g/mol. The Morgan fingerprint density at radius 1 is 1.47 bits per heavy atom. The minimum absolute atomic E-state index is 0.0180. The van der Waals surface area contributed by atoms with E-state index in [0.717, 1.165) is 12.8 Å². The molecule has 84 valence electrons. The van der Waals surface area contributed by atoms with Gasteiger partial charge in [0.2, 0.25) is 0 Å². The molecule has 0 saturated carbocycles. The molecule has 0 heterocycles. The molecule has 1 N–H and O–H groups in total. The Bertz CT molecular complexity index is 312. The lowest BCUT2D eigenvalue weighted by atomic mass is 10.2. The fraction of sp³-hybridized carbons (Fsp3) is 0.500. The molecule has 15 heavy (non-hydrogen) atoms. The third-order valence-electron chi connectivity index (χ3n) is 2.20. The topological polar surface area (TPSA) is 29.5 Å². The molecule has 2 nitrogen and oxygen atoms in total. The average molecular weight is 212 g/mol. The summed E-state index contributed by atoms with van der Waals surface area (Å²) in [6.45, 7) is 3.83. The predicted molar refractivity (Wildman–Crippen MR) is 57.3 cm³/mol. The van der Waals surface area contributed by atoms with Crippen molar-refractivity contribution in [3.63, 3.8) is 0 Å². The average Bonchev–Trinajstić information content (AvgIpc) is 2.21. The van der Waals surface area contributed by atoms with Gasteiger partial charge in [0.1, 0.15) is 0 Å². The third kappa shape index (κ3) is 3.51. The van der Waals surface area contributed by atoms with Gasteiger partial charge in [-0.2, -0.15) is 0 Å². The maximum atomic E-state index is 13.4. The fourth-order valence-corrected chi connectivity index (χ4v) is 1.42. The Morgan fingerprint density at radius 2 is 2.20 bits per heavy atom. The van der Waals surface area contributed by atoms with Crippen molar-refractivity contribution >= 4 is 0 Å². The van der Waals surface area contributed by atoms with Gasteiger partial charge in [-0.3, -0.25) is 0 Å². The SMILES string of the molecule is CCCC(C)Oc1ccc(CO)cc1F. The quantitative estimate of drug-likeness (QED) is 0.813. The van der Waals surface area contributed by atoms with Crippen molar-refractivity contribution in [2.45, 2.75) is 39.4 Å². The number of ether oxygens (including phenoxy) is 1. The predicted octanol–water partition coefficient (Wildman–Crippen LogP) is 2.89. The van der Waals surface area contributed by atoms with Crippen LogP contribution in [0.25, 0.3) is 0 Å². The van der Waals surface area contributed by atoms with Crippen LogP contribution in [-0.2, 0) is 6.61 Å². The Labute approximate surface area is 89.7 Å². The van der Waals surface area contributed by atoms with Crippen LogP contribution in [0.4, 0.5) is 4.39 Å². The molecule has 0 radical (unpaired) electrons. The number of hydrogen-bond acceptors (Lipinski definition) is 2. The molecule has 0 aromatic heterocycles. The Hall–Kier alpha value is -1.09. The van der Waals surface area contributed by atoms with Crippen molar-refractivity contribution in [3.05, 3.63) is 29.6 Å². The van der Waals surface area contributed by atoms with Gasteiger partial charge in [-0.15, -0.1) is 0 Å². The second-order valence-corrected chi connectivity index (χ2v) is 3.64. The molecule has 1 aromatic rings. The molecule has 0 amide bonds. The van der Waals surface area contributed by atoms with Gasteiger partial charge in [0.05, 0.1) is 12.7 Å². The first-order valence-electron chi connectivity index (χ1n) is 5.23. The Balaban J connectivity index is 2.69. The number of aliphatic hydroxyl groups is 1. The first-order chi connectivity index (χ1) is 7.17. The van der Waals surface area contributed by atoms with Crippen LogP contribution in [0, 0.1) is 5.82 Å². The highest BCUT2D eigenvalue weighted by molar-refractivity contribution is 5.29. The summed E-state index contributed by atoms with van der Waals surface area (Å²) in [7, 11) is 0. The number of rotatable bonds is 5. The van der Waals surface area contributed by atoms with Crippen molar-refractivity contribution in [2.24, 2.45) is 0 Å². The number of halogens is 1. The highest BCUT2D eigenvalue weighted by Gasteiger charge is 2.08. The normalized spacial score (nSPS) is 12.5. The van der Waals surface area contributed by atoms with Crippen LogP contribution >= 0.6 is 0 Å². The molecule has 0 aliphatic heterocycles. The number of benzene rings is 1. The Kier molecular flexibility index (Phi) is 4.56. The minimum Gasteiger partial charge on any atom is -0.488 e. The smallest absolute Gasteiger partial charge is 0.165 e. The second kappa shape index (κ2) is 5.71. The van der Waals surface area contributed by atoms with Crippen LogP contribution in [0.2, 0.25) is 0 Å². The van der Waals surface area contributed by atoms with E-state index < -0.39 is 5.82 Å². The van der Waals surface area contributed by atoms with Gasteiger partial charge in [0.15, 0.2) is 11.6 Å². The van der Waals surface area contributed by atoms with Gasteiger partial charge in [0.25, 0.3) is 0 Å². The van der Waals surface area contributed by atoms with E-state index in [4.69, 9.17) is 9.84 Å². The van der Waals surface area contributed by atoms with Crippen LogP contribution in [0.3, 0.4) is 0 Å². The van der Waals surface area contributed by atoms with Gasteiger partial charge in [-0.25, -0.2) is 4.39 Å². The summed E-state index contributed by atoms with van der Waals surface area (Å²) >= 11 is 0. The van der Waals surface area contributed by atoms with E-state index in [9.17, 15) is 4.39 Å². The van der Waals surface area contributed by atoms with Crippen molar-refractivity contribution in [2.75, 3.05) is 0 Å². The minimum atomic E-state index is -0.412. The summed E-state index contributed by atoms with van der Waals surface area (Å²) in [5, 5.41) is 8.81. The van der Waals surface area contributed by atoms with Gasteiger partial charge >= 0.3 is 0 Å². The van der Waals surface area contributed by atoms with E-state index in [0.29, 0.717) is 5.56 Å². The van der Waals surface area contributed by atoms with Crippen molar-refractivity contribution in [1.29, 1.82) is 0 Å². The van der Waals surface area contributed by atoms with Crippen LogP contribution in [-0.4, -0.2) is 11.2 Å². The molecule has 1 atom stereocenters. The molecule has 1 unspecified atom stereocenters. The van der Waals surface area contributed by atoms with E-state index in [2.05, 4.69) is 6.92 Å². The van der Waals surface area contributed by atoms with Crippen molar-refractivity contribution in [3.8, 4) is 5.75 Å². The molecule has 0 bridgehead atoms. The zero-order valence-electron chi connectivity index (χ0n) is 9.16. The second-order valence-electron chi connectivity index (χ2n) is 3.64. The summed E-state index contributed by atoms with van der Waals surface area (Å²) in [5.41, 5.74) is 0.558. The summed E-state index contributed by atoms with van der Waals surface area (Å²) in [4.78, 5) is 0. The first kappa shape index (κ1) is 12.0. The van der Waals surface area contributed by atoms with Crippen LogP contribution in [0.15, 0.2) is 18.2 Å². The highest BCUT2D eigenvalue weighted by atomic mass is 19.1. The van der Waals surface area contributed by atoms with E-state index in [1.54, 1.807) is 12.1 Å². The molecular formula is C12H17FO2. The molecule has 0 aliphatic rings. The fourth-order valence-electron chi connectivity index (χ4n) is 1.42. The van der Waals surface area contributed by atoms with Gasteiger partial charge in [-0.05, 0) is 31.0 Å². The standard InChI is InChI=1S/C12H17FO2/c1-3-4-9(2)15-12-6-5-10(8-14)7-11(12)13/h5-7,9,14H,3-4,8H2,1-2H3. The lowest BCUT2D eigenvalue weighted by molar-refractivity contribution is 0.200. The zero-order valence-corrected chi connectivity index (χ0v) is 9.16. The largest absolute Gasteiger partial charge is 0.488 e. The number of hydrogen-bond donors (Lipinski definition) is 1. The third-order valence-corrected chi connectivity index (χ3v) is 2.20. The van der Waals surface area contributed by atoms with Crippen LogP contribution in [0.1, 0.15) is 32.3 Å². The van der Waals surface area contributed by atoms with Crippen molar-refractivity contribution < 1.29 is 14.2 Å². The molecule has 0 aliphatic carbocycles. The summed E-state index contributed by atoms with van der Waals surface area (Å²) in [5.74, 6) is -0.155. The van der Waals surface area contributed by atoms with E-state index in [-0.39, 0.29) is 18.5 Å². The zero-order chi connectivity index (χ0) is 11.3. The lowest BCUT2D eigenvalue weighted by Crippen LogP contribution is -2.12. The van der Waals surface area contributed by atoms with E-state index in [1.165, 1.54) is 6.07 Å². The molecule has 0 fully saturated rings. The maximum Gasteiger partial charge on any atom is 0.165 e. The molecule has 0 spiro atoms. The van der Waals surface area contributed by atoms with Crippen molar-refractivity contribution in [1.82, 2.24) is 0 Å². The van der Waals surface area contributed by atoms with Gasteiger partial charge < -0.3 is 9.84 Å².